The maximum Gasteiger partial charge on any atom is 0.337 e. The summed E-state index contributed by atoms with van der Waals surface area (Å²) in [6.45, 7) is 0.507. The minimum atomic E-state index is -0.408. The molecule has 0 bridgehead atoms. The number of anilines is 1. The molecule has 0 radical (unpaired) electrons. The number of esters is 1. The lowest BCUT2D eigenvalue weighted by Crippen LogP contribution is -2.15. The molecule has 0 atom stereocenters. The molecule has 0 saturated heterocycles. The fraction of sp³-hybridized carbons (Fsp3) is 0.222. The molecule has 2 aromatic carbocycles. The van der Waals surface area contributed by atoms with Gasteiger partial charge in [0.15, 0.2) is 0 Å². The van der Waals surface area contributed by atoms with Gasteiger partial charge in [-0.15, -0.1) is 11.8 Å². The molecule has 2 rings (SSSR count). The number of methoxy groups -OCH3 is 1. The molecule has 0 heterocycles. The maximum absolute atomic E-state index is 11.9. The van der Waals surface area contributed by atoms with E-state index in [1.165, 1.54) is 18.9 Å². The highest BCUT2D eigenvalue weighted by molar-refractivity contribution is 7.99. The van der Waals surface area contributed by atoms with Crippen molar-refractivity contribution in [2.45, 2.75) is 0 Å². The van der Waals surface area contributed by atoms with Gasteiger partial charge in [-0.05, 0) is 48.5 Å². The van der Waals surface area contributed by atoms with Crippen molar-refractivity contribution in [1.29, 1.82) is 0 Å². The largest absolute Gasteiger partial charge is 0.493 e. The fourth-order valence-electron chi connectivity index (χ4n) is 1.92. The number of thioether (sulfide) groups is 1. The molecule has 0 aromatic heterocycles. The number of ether oxygens (including phenoxy) is 2. The lowest BCUT2D eigenvalue weighted by atomic mass is 10.2. The number of rotatable bonds is 8. The van der Waals surface area contributed by atoms with Gasteiger partial charge in [-0.3, -0.25) is 4.79 Å². The number of carbonyl (C=O) groups is 2. The van der Waals surface area contributed by atoms with Gasteiger partial charge in [0, 0.05) is 16.5 Å². The minimum absolute atomic E-state index is 0.109. The SMILES string of the molecule is COC(=O)c1ccc(NC(=O)CSCCOc2ccc(Cl)cc2)cc1. The first-order chi connectivity index (χ1) is 12.1. The quantitative estimate of drug-likeness (QED) is 0.557. The van der Waals surface area contributed by atoms with Crippen molar-refractivity contribution in [2.75, 3.05) is 30.5 Å². The van der Waals surface area contributed by atoms with E-state index in [0.717, 1.165) is 5.75 Å². The molecule has 5 nitrogen and oxygen atoms in total. The highest BCUT2D eigenvalue weighted by atomic mass is 35.5. The molecule has 0 spiro atoms. The molecule has 0 unspecified atom stereocenters. The van der Waals surface area contributed by atoms with Gasteiger partial charge < -0.3 is 14.8 Å². The Morgan fingerprint density at radius 2 is 1.76 bits per heavy atom. The molecule has 132 valence electrons. The normalized spacial score (nSPS) is 10.2. The Morgan fingerprint density at radius 3 is 2.40 bits per heavy atom. The van der Waals surface area contributed by atoms with Crippen molar-refractivity contribution in [3.8, 4) is 5.75 Å². The Morgan fingerprint density at radius 1 is 1.08 bits per heavy atom. The van der Waals surface area contributed by atoms with Crippen LogP contribution >= 0.6 is 23.4 Å². The van der Waals surface area contributed by atoms with Crippen molar-refractivity contribution in [2.24, 2.45) is 0 Å². The minimum Gasteiger partial charge on any atom is -0.493 e. The Labute approximate surface area is 155 Å². The van der Waals surface area contributed by atoms with Gasteiger partial charge in [0.1, 0.15) is 5.75 Å². The molecule has 0 aliphatic carbocycles. The summed E-state index contributed by atoms with van der Waals surface area (Å²) in [7, 11) is 1.33. The van der Waals surface area contributed by atoms with Crippen LogP contribution in [-0.2, 0) is 9.53 Å². The van der Waals surface area contributed by atoms with Crippen LogP contribution in [0.2, 0.25) is 5.02 Å². The van der Waals surface area contributed by atoms with E-state index < -0.39 is 5.97 Å². The lowest BCUT2D eigenvalue weighted by Gasteiger charge is -2.07. The third-order valence-electron chi connectivity index (χ3n) is 3.13. The van der Waals surface area contributed by atoms with Gasteiger partial charge in [-0.2, -0.15) is 0 Å². The molecule has 7 heteroatoms. The summed E-state index contributed by atoms with van der Waals surface area (Å²) in [5.74, 6) is 1.25. The van der Waals surface area contributed by atoms with E-state index in [1.54, 1.807) is 48.5 Å². The highest BCUT2D eigenvalue weighted by Crippen LogP contribution is 2.16. The molecule has 2 aromatic rings. The molecule has 0 saturated carbocycles. The maximum atomic E-state index is 11.9. The molecule has 0 fully saturated rings. The Balaban J connectivity index is 1.65. The summed E-state index contributed by atoms with van der Waals surface area (Å²) in [5.41, 5.74) is 1.07. The molecule has 1 amide bonds. The van der Waals surface area contributed by atoms with E-state index >= 15 is 0 Å². The first kappa shape index (κ1) is 19.1. The summed E-state index contributed by atoms with van der Waals surface area (Å²) in [5, 5.41) is 3.44. The van der Waals surface area contributed by atoms with E-state index in [2.05, 4.69) is 10.1 Å². The third-order valence-corrected chi connectivity index (χ3v) is 4.31. The summed E-state index contributed by atoms with van der Waals surface area (Å²) in [4.78, 5) is 23.2. The van der Waals surface area contributed by atoms with Gasteiger partial charge >= 0.3 is 5.97 Å². The van der Waals surface area contributed by atoms with E-state index in [0.29, 0.717) is 34.4 Å². The summed E-state index contributed by atoms with van der Waals surface area (Å²) >= 11 is 7.28. The van der Waals surface area contributed by atoms with E-state index in [9.17, 15) is 9.59 Å². The average molecular weight is 380 g/mol. The van der Waals surface area contributed by atoms with Crippen molar-refractivity contribution in [3.05, 3.63) is 59.1 Å². The van der Waals surface area contributed by atoms with Crippen molar-refractivity contribution >= 4 is 40.9 Å². The van der Waals surface area contributed by atoms with Crippen molar-refractivity contribution in [3.63, 3.8) is 0 Å². The van der Waals surface area contributed by atoms with Gasteiger partial charge in [-0.1, -0.05) is 11.6 Å². The highest BCUT2D eigenvalue weighted by Gasteiger charge is 2.06. The predicted molar refractivity (Wildman–Crippen MR) is 101 cm³/mol. The average Bonchev–Trinajstić information content (AvgIpc) is 2.63. The zero-order valence-corrected chi connectivity index (χ0v) is 15.2. The monoisotopic (exact) mass is 379 g/mol. The molecular weight excluding hydrogens is 362 g/mol. The number of halogens is 1. The van der Waals surface area contributed by atoms with Gasteiger partial charge in [0.25, 0.3) is 0 Å². The predicted octanol–water partition coefficient (Wildman–Crippen LogP) is 3.88. The topological polar surface area (TPSA) is 64.6 Å². The Bertz CT molecular complexity index is 704. The Kier molecular flexibility index (Phi) is 7.63. The molecule has 25 heavy (non-hydrogen) atoms. The van der Waals surface area contributed by atoms with E-state index in [4.69, 9.17) is 16.3 Å². The number of amides is 1. The zero-order valence-electron chi connectivity index (χ0n) is 13.7. The second kappa shape index (κ2) is 9.96. The second-order valence-electron chi connectivity index (χ2n) is 4.97. The van der Waals surface area contributed by atoms with E-state index in [-0.39, 0.29) is 5.91 Å². The summed E-state index contributed by atoms with van der Waals surface area (Å²) in [6.07, 6.45) is 0. The van der Waals surface area contributed by atoms with Crippen LogP contribution in [0, 0.1) is 0 Å². The van der Waals surface area contributed by atoms with Crippen LogP contribution in [0.25, 0.3) is 0 Å². The number of carbonyl (C=O) groups excluding carboxylic acids is 2. The van der Waals surface area contributed by atoms with Crippen molar-refractivity contribution < 1.29 is 19.1 Å². The molecular formula is C18H18ClNO4S. The van der Waals surface area contributed by atoms with Crippen LogP contribution in [0.5, 0.6) is 5.75 Å². The first-order valence-electron chi connectivity index (χ1n) is 7.53. The molecule has 1 N–H and O–H groups in total. The van der Waals surface area contributed by atoms with Crippen LogP contribution in [0.1, 0.15) is 10.4 Å². The number of nitrogens with one attached hydrogen (secondary N) is 1. The standard InChI is InChI=1S/C18H18ClNO4S/c1-23-18(22)13-2-6-15(7-3-13)20-17(21)12-25-11-10-24-16-8-4-14(19)5-9-16/h2-9H,10-12H2,1H3,(H,20,21). The molecule has 0 aliphatic heterocycles. The van der Waals surface area contributed by atoms with Crippen LogP contribution < -0.4 is 10.1 Å². The number of hydrogen-bond acceptors (Lipinski definition) is 5. The van der Waals surface area contributed by atoms with Gasteiger partial charge in [0.05, 0.1) is 25.0 Å². The summed E-state index contributed by atoms with van der Waals surface area (Å²) < 4.78 is 10.2. The Hall–Kier alpha value is -2.18. The molecule has 0 aliphatic rings. The third kappa shape index (κ3) is 6.68. The van der Waals surface area contributed by atoms with Gasteiger partial charge in [0.2, 0.25) is 5.91 Å². The smallest absolute Gasteiger partial charge is 0.337 e. The van der Waals surface area contributed by atoms with Gasteiger partial charge in [-0.25, -0.2) is 4.79 Å². The van der Waals surface area contributed by atoms with Crippen molar-refractivity contribution in [1.82, 2.24) is 0 Å². The van der Waals surface area contributed by atoms with Crippen LogP contribution in [-0.4, -0.2) is 37.1 Å². The van der Waals surface area contributed by atoms with E-state index in [1.807, 2.05) is 0 Å². The zero-order chi connectivity index (χ0) is 18.1. The number of benzene rings is 2. The fourth-order valence-corrected chi connectivity index (χ4v) is 2.65. The first-order valence-corrected chi connectivity index (χ1v) is 9.06. The van der Waals surface area contributed by atoms with Crippen LogP contribution in [0.4, 0.5) is 5.69 Å². The van der Waals surface area contributed by atoms with Crippen LogP contribution in [0.3, 0.4) is 0 Å². The lowest BCUT2D eigenvalue weighted by molar-refractivity contribution is -0.113. The van der Waals surface area contributed by atoms with Crippen LogP contribution in [0.15, 0.2) is 48.5 Å². The number of hydrogen-bond donors (Lipinski definition) is 1. The second-order valence-corrected chi connectivity index (χ2v) is 6.51. The summed E-state index contributed by atoms with van der Waals surface area (Å²) in [6, 6.07) is 13.7.